The smallest absolute Gasteiger partial charge is 0.157 e. The van der Waals surface area contributed by atoms with Crippen LogP contribution in [0.25, 0.3) is 0 Å². The molecule has 4 aliphatic carbocycles. The second kappa shape index (κ2) is 8.61. The van der Waals surface area contributed by atoms with E-state index in [0.29, 0.717) is 23.4 Å². The average Bonchev–Trinajstić information content (AvgIpc) is 3.55. The Bertz CT molecular complexity index is 1140. The molecule has 4 fully saturated rings. The summed E-state index contributed by atoms with van der Waals surface area (Å²) in [5, 5.41) is 18.2. The number of carbonyl (C=O) groups excluding carboxylic acids is 1. The second-order valence-corrected chi connectivity index (χ2v) is 12.7. The highest BCUT2D eigenvalue weighted by molar-refractivity contribution is 5.82. The Kier molecular flexibility index (Phi) is 5.66. The Morgan fingerprint density at radius 1 is 1.09 bits per heavy atom. The van der Waals surface area contributed by atoms with Gasteiger partial charge in [0.05, 0.1) is 30.5 Å². The number of ketones is 1. The van der Waals surface area contributed by atoms with Gasteiger partial charge in [-0.25, -0.2) is 0 Å². The van der Waals surface area contributed by atoms with Gasteiger partial charge in [0.25, 0.3) is 0 Å². The molecule has 6 nitrogen and oxygen atoms in total. The van der Waals surface area contributed by atoms with Crippen LogP contribution in [0.2, 0.25) is 0 Å². The van der Waals surface area contributed by atoms with Gasteiger partial charge in [0.15, 0.2) is 5.78 Å². The summed E-state index contributed by atoms with van der Waals surface area (Å²) in [6, 6.07) is 2.42. The third kappa shape index (κ3) is 3.77. The SMILES string of the molecule is Cc1cnn([C@@H]2C[C@H](C(=O)Cn3cc(C#N)cn3)[C@@]3(C)CC[C@@H]4[C@H]5CC[C@H](C)C[C@H]5CC[C@H]4C23)c1. The fraction of sp³-hybridized carbons (Fsp3) is 0.724. The van der Waals surface area contributed by atoms with Crippen LogP contribution in [0.5, 0.6) is 0 Å². The summed E-state index contributed by atoms with van der Waals surface area (Å²) in [4.78, 5) is 13.8. The van der Waals surface area contributed by atoms with Gasteiger partial charge in [0.1, 0.15) is 6.07 Å². The van der Waals surface area contributed by atoms with Gasteiger partial charge < -0.3 is 0 Å². The van der Waals surface area contributed by atoms with E-state index in [1.807, 2.05) is 6.20 Å². The molecule has 6 heteroatoms. The zero-order valence-electron chi connectivity index (χ0n) is 21.4. The molecule has 0 saturated heterocycles. The number of hydrogen-bond acceptors (Lipinski definition) is 4. The maximum absolute atomic E-state index is 13.8. The average molecular weight is 474 g/mol. The molecule has 0 radical (unpaired) electrons. The lowest BCUT2D eigenvalue weighted by molar-refractivity contribution is -0.131. The van der Waals surface area contributed by atoms with Crippen molar-refractivity contribution in [2.24, 2.45) is 46.8 Å². The third-order valence-electron chi connectivity index (χ3n) is 10.7. The summed E-state index contributed by atoms with van der Waals surface area (Å²) >= 11 is 0. The molecule has 0 N–H and O–H groups in total. The van der Waals surface area contributed by atoms with Gasteiger partial charge in [-0.15, -0.1) is 0 Å². The highest BCUT2D eigenvalue weighted by Gasteiger charge is 2.62. The number of nitriles is 1. The highest BCUT2D eigenvalue weighted by Crippen LogP contribution is 2.67. The van der Waals surface area contributed by atoms with Gasteiger partial charge in [-0.05, 0) is 98.4 Å². The van der Waals surface area contributed by atoms with Gasteiger partial charge >= 0.3 is 0 Å². The van der Waals surface area contributed by atoms with E-state index in [2.05, 4.69) is 42.8 Å². The molecule has 0 aliphatic heterocycles. The van der Waals surface area contributed by atoms with E-state index in [4.69, 9.17) is 10.4 Å². The lowest BCUT2D eigenvalue weighted by atomic mass is 9.49. The van der Waals surface area contributed by atoms with Crippen LogP contribution in [-0.2, 0) is 11.3 Å². The van der Waals surface area contributed by atoms with Crippen molar-refractivity contribution in [2.75, 3.05) is 0 Å². The summed E-state index contributed by atoms with van der Waals surface area (Å²) in [7, 11) is 0. The minimum Gasteiger partial charge on any atom is -0.297 e. The molecule has 2 aromatic heterocycles. The fourth-order valence-electron chi connectivity index (χ4n) is 9.32. The Hall–Kier alpha value is -2.42. The molecule has 2 heterocycles. The molecule has 0 bridgehead atoms. The van der Waals surface area contributed by atoms with Crippen LogP contribution in [0, 0.1) is 65.1 Å². The van der Waals surface area contributed by atoms with Crippen LogP contribution in [0.1, 0.15) is 82.4 Å². The summed E-state index contributed by atoms with van der Waals surface area (Å²) in [5.41, 5.74) is 1.71. The minimum atomic E-state index is 0.00276. The van der Waals surface area contributed by atoms with Crippen molar-refractivity contribution in [1.82, 2.24) is 19.6 Å². The van der Waals surface area contributed by atoms with Crippen LogP contribution in [0.4, 0.5) is 0 Å². The molecule has 1 unspecified atom stereocenters. The van der Waals surface area contributed by atoms with Crippen molar-refractivity contribution in [1.29, 1.82) is 5.26 Å². The topological polar surface area (TPSA) is 76.5 Å². The van der Waals surface area contributed by atoms with Crippen molar-refractivity contribution in [3.63, 3.8) is 0 Å². The van der Waals surface area contributed by atoms with Crippen molar-refractivity contribution in [2.45, 2.75) is 84.7 Å². The first-order chi connectivity index (χ1) is 16.9. The number of aryl methyl sites for hydroxylation is 1. The number of fused-ring (bicyclic) bond motifs is 5. The molecular formula is C29H39N5O. The van der Waals surface area contributed by atoms with E-state index in [9.17, 15) is 4.79 Å². The Morgan fingerprint density at radius 3 is 2.66 bits per heavy atom. The van der Waals surface area contributed by atoms with Crippen molar-refractivity contribution >= 4 is 5.78 Å². The maximum atomic E-state index is 13.8. The van der Waals surface area contributed by atoms with Crippen LogP contribution >= 0.6 is 0 Å². The van der Waals surface area contributed by atoms with E-state index in [1.165, 1.54) is 44.1 Å². The Morgan fingerprint density at radius 2 is 1.91 bits per heavy atom. The molecule has 186 valence electrons. The predicted molar refractivity (Wildman–Crippen MR) is 133 cm³/mol. The number of nitrogens with zero attached hydrogens (tertiary/aromatic N) is 5. The molecule has 4 aliphatic rings. The fourth-order valence-corrected chi connectivity index (χ4v) is 9.32. The lowest BCUT2D eigenvalue weighted by Crippen LogP contribution is -2.50. The minimum absolute atomic E-state index is 0.00276. The van der Waals surface area contributed by atoms with Crippen LogP contribution in [0.3, 0.4) is 0 Å². The number of rotatable bonds is 4. The number of hydrogen-bond donors (Lipinski definition) is 0. The number of aromatic nitrogens is 4. The molecule has 9 atom stereocenters. The molecule has 0 aromatic carbocycles. The molecule has 2 aromatic rings. The highest BCUT2D eigenvalue weighted by atomic mass is 16.1. The monoisotopic (exact) mass is 473 g/mol. The first kappa shape index (κ1) is 23.0. The molecule has 0 spiro atoms. The molecule has 0 amide bonds. The van der Waals surface area contributed by atoms with Crippen LogP contribution in [0.15, 0.2) is 24.8 Å². The molecule has 35 heavy (non-hydrogen) atoms. The van der Waals surface area contributed by atoms with Crippen molar-refractivity contribution < 1.29 is 4.79 Å². The van der Waals surface area contributed by atoms with E-state index < -0.39 is 0 Å². The summed E-state index contributed by atoms with van der Waals surface area (Å²) in [6.07, 6.45) is 17.6. The Balaban J connectivity index is 1.32. The van der Waals surface area contributed by atoms with Crippen molar-refractivity contribution in [3.8, 4) is 6.07 Å². The normalized spacial score (nSPS) is 40.4. The van der Waals surface area contributed by atoms with E-state index >= 15 is 0 Å². The predicted octanol–water partition coefficient (Wildman–Crippen LogP) is 5.58. The van der Waals surface area contributed by atoms with Gasteiger partial charge in [0.2, 0.25) is 0 Å². The molecule has 4 saturated carbocycles. The molecule has 6 rings (SSSR count). The number of carbonyl (C=O) groups is 1. The summed E-state index contributed by atoms with van der Waals surface area (Å²) < 4.78 is 3.87. The van der Waals surface area contributed by atoms with Gasteiger partial charge in [-0.2, -0.15) is 15.5 Å². The van der Waals surface area contributed by atoms with Gasteiger partial charge in [-0.3, -0.25) is 14.2 Å². The van der Waals surface area contributed by atoms with Crippen LogP contribution in [-0.4, -0.2) is 25.3 Å². The quantitative estimate of drug-likeness (QED) is 0.580. The van der Waals surface area contributed by atoms with Crippen molar-refractivity contribution in [3.05, 3.63) is 35.9 Å². The van der Waals surface area contributed by atoms with E-state index in [1.54, 1.807) is 17.1 Å². The lowest BCUT2D eigenvalue weighted by Gasteiger charge is -2.56. The largest absolute Gasteiger partial charge is 0.297 e. The van der Waals surface area contributed by atoms with Gasteiger partial charge in [-0.1, -0.05) is 20.3 Å². The first-order valence-electron chi connectivity index (χ1n) is 13.8. The summed E-state index contributed by atoms with van der Waals surface area (Å²) in [6.45, 7) is 7.24. The second-order valence-electron chi connectivity index (χ2n) is 12.7. The zero-order valence-corrected chi connectivity index (χ0v) is 21.4. The molecular weight excluding hydrogens is 434 g/mol. The zero-order chi connectivity index (χ0) is 24.3. The van der Waals surface area contributed by atoms with Crippen LogP contribution < -0.4 is 0 Å². The van der Waals surface area contributed by atoms with E-state index in [0.717, 1.165) is 36.5 Å². The standard InChI is InChI=1S/C29H39N5O/c1-18-4-6-22-21(10-18)5-7-24-23(22)8-9-29(3)25(27(35)17-33-16-20(12-30)14-31-33)11-26(28(24)29)34-15-19(2)13-32-34/h13-16,18,21-26,28H,4-11,17H2,1-3H3/t18-,21+,22-,23+,24+,25+,26+,28?,29+/m0/s1. The third-order valence-corrected chi connectivity index (χ3v) is 10.7. The first-order valence-corrected chi connectivity index (χ1v) is 13.8. The van der Waals surface area contributed by atoms with E-state index in [-0.39, 0.29) is 23.7 Å². The number of Topliss-reactive ketones (excluding diaryl/α,β-unsaturated/α-hetero) is 1. The Labute approximate surface area is 209 Å². The maximum Gasteiger partial charge on any atom is 0.157 e. The summed E-state index contributed by atoms with van der Waals surface area (Å²) in [5.74, 6) is 5.00. The van der Waals surface area contributed by atoms with Gasteiger partial charge in [0, 0.05) is 18.3 Å².